The van der Waals surface area contributed by atoms with Crippen LogP contribution in [-0.2, 0) is 6.42 Å². The standard InChI is InChI=1S/C15H14BrClO/c1-10-8-12(17)6-7-13(10)15(18)9-11-4-2-3-5-14(11)16/h2-8,15,18H,9H2,1H3. The summed E-state index contributed by atoms with van der Waals surface area (Å²) in [6, 6.07) is 13.5. The van der Waals surface area contributed by atoms with Crippen molar-refractivity contribution in [2.24, 2.45) is 0 Å². The Morgan fingerprint density at radius 3 is 2.61 bits per heavy atom. The van der Waals surface area contributed by atoms with E-state index in [0.717, 1.165) is 21.2 Å². The van der Waals surface area contributed by atoms with E-state index in [2.05, 4.69) is 15.9 Å². The van der Waals surface area contributed by atoms with Crippen LogP contribution in [0.5, 0.6) is 0 Å². The van der Waals surface area contributed by atoms with Gasteiger partial charge < -0.3 is 5.11 Å². The van der Waals surface area contributed by atoms with Gasteiger partial charge in [0.15, 0.2) is 0 Å². The molecule has 0 aliphatic heterocycles. The van der Waals surface area contributed by atoms with Gasteiger partial charge in [0.25, 0.3) is 0 Å². The van der Waals surface area contributed by atoms with Crippen LogP contribution in [0, 0.1) is 6.92 Å². The molecule has 3 heteroatoms. The minimum absolute atomic E-state index is 0.513. The van der Waals surface area contributed by atoms with E-state index in [9.17, 15) is 5.11 Å². The molecular weight excluding hydrogens is 312 g/mol. The summed E-state index contributed by atoms with van der Waals surface area (Å²) in [6.45, 7) is 1.96. The van der Waals surface area contributed by atoms with E-state index in [1.807, 2.05) is 49.4 Å². The van der Waals surface area contributed by atoms with Crippen molar-refractivity contribution in [1.82, 2.24) is 0 Å². The molecule has 0 aliphatic rings. The second-order valence-electron chi connectivity index (χ2n) is 4.31. The summed E-state index contributed by atoms with van der Waals surface area (Å²) in [5.74, 6) is 0. The molecule has 0 amide bonds. The summed E-state index contributed by atoms with van der Waals surface area (Å²) in [4.78, 5) is 0. The maximum atomic E-state index is 10.3. The monoisotopic (exact) mass is 324 g/mol. The summed E-state index contributed by atoms with van der Waals surface area (Å²) in [5.41, 5.74) is 3.04. The van der Waals surface area contributed by atoms with Crippen molar-refractivity contribution in [3.8, 4) is 0 Å². The molecule has 0 bridgehead atoms. The quantitative estimate of drug-likeness (QED) is 0.868. The van der Waals surface area contributed by atoms with Gasteiger partial charge in [-0.05, 0) is 41.8 Å². The maximum absolute atomic E-state index is 10.3. The predicted octanol–water partition coefficient (Wildman–Crippen LogP) is 4.69. The molecule has 1 N–H and O–H groups in total. The van der Waals surface area contributed by atoms with Crippen molar-refractivity contribution >= 4 is 27.5 Å². The van der Waals surface area contributed by atoms with E-state index in [1.165, 1.54) is 0 Å². The fourth-order valence-electron chi connectivity index (χ4n) is 2.00. The van der Waals surface area contributed by atoms with Gasteiger partial charge in [-0.2, -0.15) is 0 Å². The summed E-state index contributed by atoms with van der Waals surface area (Å²) >= 11 is 9.41. The lowest BCUT2D eigenvalue weighted by molar-refractivity contribution is 0.177. The van der Waals surface area contributed by atoms with Crippen molar-refractivity contribution in [1.29, 1.82) is 0 Å². The molecule has 0 fully saturated rings. The lowest BCUT2D eigenvalue weighted by atomic mass is 9.98. The van der Waals surface area contributed by atoms with E-state index in [4.69, 9.17) is 11.6 Å². The Morgan fingerprint density at radius 1 is 1.22 bits per heavy atom. The largest absolute Gasteiger partial charge is 0.388 e. The van der Waals surface area contributed by atoms with Gasteiger partial charge in [-0.3, -0.25) is 0 Å². The van der Waals surface area contributed by atoms with Crippen LogP contribution in [0.3, 0.4) is 0 Å². The molecule has 0 radical (unpaired) electrons. The van der Waals surface area contributed by atoms with E-state index in [0.29, 0.717) is 11.4 Å². The SMILES string of the molecule is Cc1cc(Cl)ccc1C(O)Cc1ccccc1Br. The third kappa shape index (κ3) is 3.14. The van der Waals surface area contributed by atoms with Crippen LogP contribution >= 0.6 is 27.5 Å². The molecule has 2 rings (SSSR count). The van der Waals surface area contributed by atoms with Crippen LogP contribution < -0.4 is 0 Å². The van der Waals surface area contributed by atoms with Gasteiger partial charge in [0.1, 0.15) is 0 Å². The summed E-state index contributed by atoms with van der Waals surface area (Å²) in [7, 11) is 0. The van der Waals surface area contributed by atoms with Gasteiger partial charge in [-0.1, -0.05) is 51.8 Å². The second kappa shape index (κ2) is 5.87. The van der Waals surface area contributed by atoms with Crippen molar-refractivity contribution in [3.63, 3.8) is 0 Å². The molecule has 1 unspecified atom stereocenters. The van der Waals surface area contributed by atoms with Crippen LogP contribution in [0.4, 0.5) is 0 Å². The van der Waals surface area contributed by atoms with E-state index in [1.54, 1.807) is 0 Å². The Morgan fingerprint density at radius 2 is 1.94 bits per heavy atom. The number of aliphatic hydroxyl groups excluding tert-OH is 1. The Bertz CT molecular complexity index is 554. The number of halogens is 2. The average molecular weight is 326 g/mol. The topological polar surface area (TPSA) is 20.2 Å². The highest BCUT2D eigenvalue weighted by Gasteiger charge is 2.12. The van der Waals surface area contributed by atoms with Crippen LogP contribution in [0.15, 0.2) is 46.9 Å². The Hall–Kier alpha value is -0.830. The number of aryl methyl sites for hydroxylation is 1. The minimum Gasteiger partial charge on any atom is -0.388 e. The van der Waals surface area contributed by atoms with Crippen LogP contribution in [-0.4, -0.2) is 5.11 Å². The molecule has 94 valence electrons. The highest BCUT2D eigenvalue weighted by molar-refractivity contribution is 9.10. The fourth-order valence-corrected chi connectivity index (χ4v) is 2.67. The van der Waals surface area contributed by atoms with E-state index >= 15 is 0 Å². The maximum Gasteiger partial charge on any atom is 0.0833 e. The second-order valence-corrected chi connectivity index (χ2v) is 5.60. The van der Waals surface area contributed by atoms with Gasteiger partial charge in [-0.25, -0.2) is 0 Å². The van der Waals surface area contributed by atoms with E-state index < -0.39 is 6.10 Å². The van der Waals surface area contributed by atoms with Crippen LogP contribution in [0.1, 0.15) is 22.8 Å². The summed E-state index contributed by atoms with van der Waals surface area (Å²) in [5, 5.41) is 11.0. The minimum atomic E-state index is -0.513. The summed E-state index contributed by atoms with van der Waals surface area (Å²) < 4.78 is 1.02. The van der Waals surface area contributed by atoms with Crippen molar-refractivity contribution in [3.05, 3.63) is 68.7 Å². The molecule has 0 saturated carbocycles. The Kier molecular flexibility index (Phi) is 4.44. The molecular formula is C15H14BrClO. The van der Waals surface area contributed by atoms with Crippen LogP contribution in [0.2, 0.25) is 5.02 Å². The van der Waals surface area contributed by atoms with Gasteiger partial charge in [-0.15, -0.1) is 0 Å². The lowest BCUT2D eigenvalue weighted by Gasteiger charge is -2.15. The number of hydrogen-bond donors (Lipinski definition) is 1. The summed E-state index contributed by atoms with van der Waals surface area (Å²) in [6.07, 6.45) is 0.0742. The first-order valence-corrected chi connectivity index (χ1v) is 6.92. The molecule has 18 heavy (non-hydrogen) atoms. The average Bonchev–Trinajstić information content (AvgIpc) is 2.32. The molecule has 2 aromatic carbocycles. The van der Waals surface area contributed by atoms with Gasteiger partial charge in [0.05, 0.1) is 6.10 Å². The number of aliphatic hydroxyl groups is 1. The first-order chi connectivity index (χ1) is 8.58. The molecule has 2 aromatic rings. The molecule has 0 aromatic heterocycles. The predicted molar refractivity (Wildman–Crippen MR) is 79.0 cm³/mol. The molecule has 0 saturated heterocycles. The van der Waals surface area contributed by atoms with Crippen LogP contribution in [0.25, 0.3) is 0 Å². The molecule has 0 heterocycles. The normalized spacial score (nSPS) is 12.4. The highest BCUT2D eigenvalue weighted by Crippen LogP contribution is 2.26. The third-order valence-electron chi connectivity index (χ3n) is 2.96. The van der Waals surface area contributed by atoms with Crippen molar-refractivity contribution < 1.29 is 5.11 Å². The number of benzene rings is 2. The van der Waals surface area contributed by atoms with Gasteiger partial charge in [0, 0.05) is 15.9 Å². The molecule has 0 spiro atoms. The zero-order valence-electron chi connectivity index (χ0n) is 10.0. The molecule has 1 nitrogen and oxygen atoms in total. The van der Waals surface area contributed by atoms with E-state index in [-0.39, 0.29) is 0 Å². The Labute approximate surface area is 121 Å². The molecule has 1 atom stereocenters. The first kappa shape index (κ1) is 13.6. The van der Waals surface area contributed by atoms with Gasteiger partial charge in [0.2, 0.25) is 0 Å². The van der Waals surface area contributed by atoms with Gasteiger partial charge >= 0.3 is 0 Å². The zero-order valence-corrected chi connectivity index (χ0v) is 12.4. The van der Waals surface area contributed by atoms with Crippen molar-refractivity contribution in [2.45, 2.75) is 19.4 Å². The Balaban J connectivity index is 2.22. The zero-order chi connectivity index (χ0) is 13.1. The number of hydrogen-bond acceptors (Lipinski definition) is 1. The highest BCUT2D eigenvalue weighted by atomic mass is 79.9. The third-order valence-corrected chi connectivity index (χ3v) is 3.97. The number of rotatable bonds is 3. The molecule has 0 aliphatic carbocycles. The fraction of sp³-hybridized carbons (Fsp3) is 0.200. The smallest absolute Gasteiger partial charge is 0.0833 e. The van der Waals surface area contributed by atoms with Crippen molar-refractivity contribution in [2.75, 3.05) is 0 Å². The first-order valence-electron chi connectivity index (χ1n) is 5.75. The lowest BCUT2D eigenvalue weighted by Crippen LogP contribution is -2.04.